The van der Waals surface area contributed by atoms with Crippen LogP contribution in [0, 0.1) is 5.41 Å². The highest BCUT2D eigenvalue weighted by molar-refractivity contribution is 5.64. The summed E-state index contributed by atoms with van der Waals surface area (Å²) >= 11 is 0. The van der Waals surface area contributed by atoms with Gasteiger partial charge in [-0.05, 0) is 42.0 Å². The molecule has 18 heavy (non-hydrogen) atoms. The van der Waals surface area contributed by atoms with Gasteiger partial charge in [0.05, 0.1) is 7.11 Å². The molecular formula is C16H23NO. The molecular weight excluding hydrogens is 222 g/mol. The van der Waals surface area contributed by atoms with E-state index in [1.807, 2.05) is 0 Å². The van der Waals surface area contributed by atoms with Crippen LogP contribution in [0.5, 0.6) is 5.75 Å². The van der Waals surface area contributed by atoms with Crippen LogP contribution in [-0.4, -0.2) is 13.2 Å². The predicted octanol–water partition coefficient (Wildman–Crippen LogP) is 3.96. The average molecular weight is 245 g/mol. The monoisotopic (exact) mass is 245 g/mol. The van der Waals surface area contributed by atoms with E-state index in [2.05, 4.69) is 44.3 Å². The molecule has 1 N–H and O–H groups in total. The maximum absolute atomic E-state index is 5.39. The van der Waals surface area contributed by atoms with Crippen LogP contribution in [-0.2, 0) is 5.41 Å². The molecule has 0 saturated heterocycles. The third-order valence-electron chi connectivity index (χ3n) is 5.08. The Morgan fingerprint density at radius 2 is 2.00 bits per heavy atom. The predicted molar refractivity (Wildman–Crippen MR) is 75.4 cm³/mol. The lowest BCUT2D eigenvalue weighted by molar-refractivity contribution is 0.143. The number of anilines is 1. The van der Waals surface area contributed by atoms with Gasteiger partial charge < -0.3 is 10.1 Å². The van der Waals surface area contributed by atoms with E-state index in [0.29, 0.717) is 11.5 Å². The van der Waals surface area contributed by atoms with E-state index >= 15 is 0 Å². The third kappa shape index (κ3) is 1.47. The van der Waals surface area contributed by atoms with Crippen molar-refractivity contribution in [1.29, 1.82) is 0 Å². The number of nitrogens with one attached hydrogen (secondary N) is 1. The first-order chi connectivity index (χ1) is 8.47. The Morgan fingerprint density at radius 1 is 1.22 bits per heavy atom. The molecule has 1 aliphatic carbocycles. The van der Waals surface area contributed by atoms with Gasteiger partial charge in [0.25, 0.3) is 0 Å². The molecule has 0 aromatic heterocycles. The molecule has 1 saturated carbocycles. The van der Waals surface area contributed by atoms with Crippen molar-refractivity contribution in [2.24, 2.45) is 5.41 Å². The van der Waals surface area contributed by atoms with Crippen LogP contribution in [0.4, 0.5) is 5.69 Å². The number of hydrogen-bond acceptors (Lipinski definition) is 2. The molecule has 1 fully saturated rings. The molecule has 0 bridgehead atoms. The Morgan fingerprint density at radius 3 is 2.72 bits per heavy atom. The zero-order valence-electron chi connectivity index (χ0n) is 11.8. The first-order valence-corrected chi connectivity index (χ1v) is 6.92. The second kappa shape index (κ2) is 3.66. The number of fused-ring (bicyclic) bond motifs is 3. The van der Waals surface area contributed by atoms with Crippen molar-refractivity contribution in [3.8, 4) is 5.75 Å². The van der Waals surface area contributed by atoms with Gasteiger partial charge in [0, 0.05) is 17.1 Å². The molecule has 98 valence electrons. The van der Waals surface area contributed by atoms with Gasteiger partial charge in [-0.25, -0.2) is 0 Å². The van der Waals surface area contributed by atoms with Gasteiger partial charge in [-0.2, -0.15) is 0 Å². The van der Waals surface area contributed by atoms with Crippen molar-refractivity contribution < 1.29 is 4.74 Å². The number of ether oxygens (including phenoxy) is 1. The van der Waals surface area contributed by atoms with E-state index < -0.39 is 0 Å². The Hall–Kier alpha value is -1.18. The maximum atomic E-state index is 5.39. The van der Waals surface area contributed by atoms with Gasteiger partial charge in [-0.3, -0.25) is 0 Å². The molecule has 2 aliphatic rings. The first-order valence-electron chi connectivity index (χ1n) is 6.92. The standard InChI is InChI=1S/C16H23NO/c1-15(2)8-5-9-16(3)12-10-11(18-4)6-7-13(12)17-14(15)16/h6-7,10,14,17H,5,8-9H2,1-4H3/t14-,16-/m0/s1. The van der Waals surface area contributed by atoms with Gasteiger partial charge in [0.1, 0.15) is 5.75 Å². The normalized spacial score (nSPS) is 32.3. The summed E-state index contributed by atoms with van der Waals surface area (Å²) in [5, 5.41) is 3.76. The third-order valence-corrected chi connectivity index (χ3v) is 5.08. The molecule has 3 rings (SSSR count). The molecule has 0 amide bonds. The smallest absolute Gasteiger partial charge is 0.119 e. The molecule has 1 heterocycles. The molecule has 1 aliphatic heterocycles. The van der Waals surface area contributed by atoms with Crippen LogP contribution in [0.25, 0.3) is 0 Å². The quantitative estimate of drug-likeness (QED) is 0.808. The van der Waals surface area contributed by atoms with E-state index in [0.717, 1.165) is 5.75 Å². The van der Waals surface area contributed by atoms with E-state index in [9.17, 15) is 0 Å². The van der Waals surface area contributed by atoms with Crippen LogP contribution in [0.15, 0.2) is 18.2 Å². The van der Waals surface area contributed by atoms with E-state index in [4.69, 9.17) is 4.74 Å². The lowest BCUT2D eigenvalue weighted by Crippen LogP contribution is -2.49. The van der Waals surface area contributed by atoms with Crippen molar-refractivity contribution >= 4 is 5.69 Å². The molecule has 0 spiro atoms. The van der Waals surface area contributed by atoms with Crippen molar-refractivity contribution in [2.45, 2.75) is 51.5 Å². The second-order valence-corrected chi connectivity index (χ2v) is 6.75. The van der Waals surface area contributed by atoms with E-state index in [1.54, 1.807) is 7.11 Å². The zero-order valence-corrected chi connectivity index (χ0v) is 11.8. The van der Waals surface area contributed by atoms with Crippen LogP contribution >= 0.6 is 0 Å². The fraction of sp³-hybridized carbons (Fsp3) is 0.625. The summed E-state index contributed by atoms with van der Waals surface area (Å²) in [7, 11) is 1.74. The van der Waals surface area contributed by atoms with Crippen LogP contribution in [0.1, 0.15) is 45.6 Å². The summed E-state index contributed by atoms with van der Waals surface area (Å²) in [6, 6.07) is 7.00. The molecule has 0 unspecified atom stereocenters. The Balaban J connectivity index is 2.10. The summed E-state index contributed by atoms with van der Waals surface area (Å²) < 4.78 is 5.39. The SMILES string of the molecule is COc1ccc2c(c1)[C@]1(C)CCCC(C)(C)[C@@H]1N2. The highest BCUT2D eigenvalue weighted by atomic mass is 16.5. The highest BCUT2D eigenvalue weighted by Crippen LogP contribution is 2.55. The summed E-state index contributed by atoms with van der Waals surface area (Å²) in [5.74, 6) is 0.973. The van der Waals surface area contributed by atoms with Crippen molar-refractivity contribution in [2.75, 3.05) is 12.4 Å². The summed E-state index contributed by atoms with van der Waals surface area (Å²) in [4.78, 5) is 0. The Bertz CT molecular complexity index is 480. The Labute approximate surface area is 110 Å². The molecule has 0 radical (unpaired) electrons. The molecule has 1 aromatic rings. The fourth-order valence-electron chi connectivity index (χ4n) is 4.11. The number of rotatable bonds is 1. The minimum absolute atomic E-state index is 0.256. The Kier molecular flexibility index (Phi) is 2.42. The lowest BCUT2D eigenvalue weighted by Gasteiger charge is -2.47. The van der Waals surface area contributed by atoms with Crippen LogP contribution in [0.2, 0.25) is 0 Å². The summed E-state index contributed by atoms with van der Waals surface area (Å²) in [5.41, 5.74) is 3.36. The van der Waals surface area contributed by atoms with Gasteiger partial charge in [-0.15, -0.1) is 0 Å². The number of hydrogen-bond donors (Lipinski definition) is 1. The van der Waals surface area contributed by atoms with Gasteiger partial charge in [0.2, 0.25) is 0 Å². The van der Waals surface area contributed by atoms with Gasteiger partial charge >= 0.3 is 0 Å². The molecule has 2 heteroatoms. The molecule has 1 aromatic carbocycles. The number of methoxy groups -OCH3 is 1. The minimum Gasteiger partial charge on any atom is -0.497 e. The van der Waals surface area contributed by atoms with Crippen molar-refractivity contribution in [3.05, 3.63) is 23.8 Å². The molecule has 2 atom stereocenters. The summed E-state index contributed by atoms with van der Waals surface area (Å²) in [6.45, 7) is 7.20. The van der Waals surface area contributed by atoms with E-state index in [1.165, 1.54) is 30.5 Å². The summed E-state index contributed by atoms with van der Waals surface area (Å²) in [6.07, 6.45) is 3.90. The van der Waals surface area contributed by atoms with E-state index in [-0.39, 0.29) is 5.41 Å². The number of benzene rings is 1. The van der Waals surface area contributed by atoms with Gasteiger partial charge in [-0.1, -0.05) is 27.2 Å². The highest BCUT2D eigenvalue weighted by Gasteiger charge is 2.52. The second-order valence-electron chi connectivity index (χ2n) is 6.75. The minimum atomic E-state index is 0.256. The molecule has 2 nitrogen and oxygen atoms in total. The van der Waals surface area contributed by atoms with Crippen molar-refractivity contribution in [3.63, 3.8) is 0 Å². The average Bonchev–Trinajstić information content (AvgIpc) is 2.63. The largest absolute Gasteiger partial charge is 0.497 e. The van der Waals surface area contributed by atoms with Crippen LogP contribution in [0.3, 0.4) is 0 Å². The topological polar surface area (TPSA) is 21.3 Å². The van der Waals surface area contributed by atoms with Crippen molar-refractivity contribution in [1.82, 2.24) is 0 Å². The fourth-order valence-corrected chi connectivity index (χ4v) is 4.11. The zero-order chi connectivity index (χ0) is 13.0. The van der Waals surface area contributed by atoms with Gasteiger partial charge in [0.15, 0.2) is 0 Å². The first kappa shape index (κ1) is 11.9. The lowest BCUT2D eigenvalue weighted by atomic mass is 9.60. The maximum Gasteiger partial charge on any atom is 0.119 e. The van der Waals surface area contributed by atoms with Crippen LogP contribution < -0.4 is 10.1 Å².